The van der Waals surface area contributed by atoms with Crippen LogP contribution in [0.5, 0.6) is 11.5 Å². The molecule has 0 aliphatic heterocycles. The Kier molecular flexibility index (Phi) is 6.44. The molecule has 0 unspecified atom stereocenters. The number of hydrogen-bond acceptors (Lipinski definition) is 5. The lowest BCUT2D eigenvalue weighted by atomic mass is 9.92. The molecule has 0 saturated heterocycles. The molecular weight excluding hydrogens is 377 g/mol. The Morgan fingerprint density at radius 3 is 2.68 bits per heavy atom. The number of alkyl halides is 2. The van der Waals surface area contributed by atoms with E-state index in [2.05, 4.69) is 0 Å². The fourth-order valence-corrected chi connectivity index (χ4v) is 2.47. The Morgan fingerprint density at radius 2 is 2.07 bits per heavy atom. The SMILES string of the molecule is COc1ccc(F)cc1-c1c(C#N)ccc(O)c1C(=O)NC(=N)NCC(F)F. The van der Waals surface area contributed by atoms with Crippen LogP contribution in [0, 0.1) is 22.6 Å². The van der Waals surface area contributed by atoms with Crippen molar-refractivity contribution in [3.8, 4) is 28.7 Å². The molecule has 0 spiro atoms. The third kappa shape index (κ3) is 4.50. The number of nitriles is 1. The number of phenols is 1. The summed E-state index contributed by atoms with van der Waals surface area (Å²) in [5.74, 6) is -2.89. The first-order chi connectivity index (χ1) is 13.3. The van der Waals surface area contributed by atoms with Gasteiger partial charge < -0.3 is 15.2 Å². The number of nitrogens with one attached hydrogen (secondary N) is 3. The van der Waals surface area contributed by atoms with Crippen LogP contribution in [0.4, 0.5) is 13.2 Å². The van der Waals surface area contributed by atoms with Gasteiger partial charge in [-0.2, -0.15) is 5.26 Å². The second-order valence-electron chi connectivity index (χ2n) is 5.44. The van der Waals surface area contributed by atoms with E-state index in [9.17, 15) is 28.3 Å². The maximum atomic E-state index is 13.8. The molecule has 0 fully saturated rings. The lowest BCUT2D eigenvalue weighted by molar-refractivity contribution is 0.0971. The Bertz CT molecular complexity index is 958. The Morgan fingerprint density at radius 1 is 1.36 bits per heavy atom. The van der Waals surface area contributed by atoms with Crippen LogP contribution in [0.1, 0.15) is 15.9 Å². The van der Waals surface area contributed by atoms with Crippen LogP contribution in [0.2, 0.25) is 0 Å². The molecule has 0 aliphatic rings. The molecule has 7 nitrogen and oxygen atoms in total. The normalized spacial score (nSPS) is 10.3. The van der Waals surface area contributed by atoms with Gasteiger partial charge in [0.15, 0.2) is 5.96 Å². The summed E-state index contributed by atoms with van der Waals surface area (Å²) in [6.45, 7) is -0.867. The third-order valence-electron chi connectivity index (χ3n) is 3.63. The lowest BCUT2D eigenvalue weighted by Crippen LogP contribution is -2.42. The van der Waals surface area contributed by atoms with Gasteiger partial charge in [-0.05, 0) is 30.3 Å². The van der Waals surface area contributed by atoms with E-state index in [0.29, 0.717) is 0 Å². The fraction of sp³-hybridized carbons (Fsp3) is 0.167. The minimum absolute atomic E-state index is 0.0205. The van der Waals surface area contributed by atoms with E-state index in [1.807, 2.05) is 16.7 Å². The molecule has 146 valence electrons. The summed E-state index contributed by atoms with van der Waals surface area (Å²) >= 11 is 0. The number of benzene rings is 2. The second kappa shape index (κ2) is 8.77. The van der Waals surface area contributed by atoms with Crippen LogP contribution < -0.4 is 15.4 Å². The Balaban J connectivity index is 2.57. The van der Waals surface area contributed by atoms with Gasteiger partial charge in [-0.25, -0.2) is 13.2 Å². The summed E-state index contributed by atoms with van der Waals surface area (Å²) in [4.78, 5) is 12.6. The highest BCUT2D eigenvalue weighted by molar-refractivity contribution is 6.11. The van der Waals surface area contributed by atoms with Gasteiger partial charge in [0, 0.05) is 11.1 Å². The third-order valence-corrected chi connectivity index (χ3v) is 3.63. The van der Waals surface area contributed by atoms with Crippen LogP contribution in [0.3, 0.4) is 0 Å². The molecule has 1 amide bonds. The van der Waals surface area contributed by atoms with Crippen molar-refractivity contribution in [2.75, 3.05) is 13.7 Å². The molecule has 2 rings (SSSR count). The first kappa shape index (κ1) is 20.6. The first-order valence-corrected chi connectivity index (χ1v) is 7.80. The number of carbonyl (C=O) groups is 1. The standard InChI is InChI=1S/C18H15F3N4O3/c1-28-13-5-3-10(19)6-11(13)15-9(7-22)2-4-12(26)16(15)17(27)25-18(23)24-8-14(20)21/h2-6,14,26H,8H2,1H3,(H3,23,24,25,27). The van der Waals surface area contributed by atoms with E-state index in [1.165, 1.54) is 19.2 Å². The summed E-state index contributed by atoms with van der Waals surface area (Å²) in [6, 6.07) is 7.57. The predicted octanol–water partition coefficient (Wildman–Crippen LogP) is 2.60. The maximum Gasteiger partial charge on any atom is 0.262 e. The summed E-state index contributed by atoms with van der Waals surface area (Å²) in [5.41, 5.74) is -0.615. The van der Waals surface area contributed by atoms with Crippen molar-refractivity contribution in [2.24, 2.45) is 0 Å². The number of aromatic hydroxyl groups is 1. The number of rotatable bonds is 5. The molecule has 0 atom stereocenters. The monoisotopic (exact) mass is 392 g/mol. The summed E-state index contributed by atoms with van der Waals surface area (Å²) < 4.78 is 43.4. The zero-order valence-electron chi connectivity index (χ0n) is 14.5. The Hall–Kier alpha value is -3.74. The highest BCUT2D eigenvalue weighted by Crippen LogP contribution is 2.38. The highest BCUT2D eigenvalue weighted by Gasteiger charge is 2.24. The van der Waals surface area contributed by atoms with Crippen molar-refractivity contribution >= 4 is 11.9 Å². The molecule has 2 aromatic carbocycles. The summed E-state index contributed by atoms with van der Waals surface area (Å²) in [7, 11) is 1.30. The van der Waals surface area contributed by atoms with E-state index >= 15 is 0 Å². The number of methoxy groups -OCH3 is 1. The van der Waals surface area contributed by atoms with E-state index in [0.717, 1.165) is 18.2 Å². The van der Waals surface area contributed by atoms with E-state index < -0.39 is 42.0 Å². The van der Waals surface area contributed by atoms with Gasteiger partial charge in [0.1, 0.15) is 17.3 Å². The topological polar surface area (TPSA) is 118 Å². The molecule has 28 heavy (non-hydrogen) atoms. The highest BCUT2D eigenvalue weighted by atomic mass is 19.3. The molecule has 0 bridgehead atoms. The van der Waals surface area contributed by atoms with E-state index in [-0.39, 0.29) is 22.4 Å². The van der Waals surface area contributed by atoms with Crippen molar-refractivity contribution in [2.45, 2.75) is 6.43 Å². The van der Waals surface area contributed by atoms with Crippen LogP contribution >= 0.6 is 0 Å². The second-order valence-corrected chi connectivity index (χ2v) is 5.44. The molecule has 0 aromatic heterocycles. The van der Waals surface area contributed by atoms with Crippen molar-refractivity contribution < 1.29 is 27.8 Å². The van der Waals surface area contributed by atoms with Crippen molar-refractivity contribution in [1.82, 2.24) is 10.6 Å². The van der Waals surface area contributed by atoms with Crippen LogP contribution in [0.25, 0.3) is 11.1 Å². The number of ether oxygens (including phenoxy) is 1. The smallest absolute Gasteiger partial charge is 0.262 e. The van der Waals surface area contributed by atoms with Gasteiger partial charge in [0.05, 0.1) is 30.9 Å². The number of amides is 1. The first-order valence-electron chi connectivity index (χ1n) is 7.80. The molecule has 0 radical (unpaired) electrons. The minimum atomic E-state index is -2.75. The van der Waals surface area contributed by atoms with Crippen molar-refractivity contribution in [3.63, 3.8) is 0 Å². The number of hydrogen-bond donors (Lipinski definition) is 4. The molecular formula is C18H15F3N4O3. The number of phenolic OH excluding ortho intramolecular Hbond substituents is 1. The maximum absolute atomic E-state index is 13.8. The lowest BCUT2D eigenvalue weighted by Gasteiger charge is -2.16. The zero-order chi connectivity index (χ0) is 20.8. The minimum Gasteiger partial charge on any atom is -0.507 e. The predicted molar refractivity (Wildman–Crippen MR) is 94.0 cm³/mol. The molecule has 2 aromatic rings. The fourth-order valence-electron chi connectivity index (χ4n) is 2.47. The van der Waals surface area contributed by atoms with Gasteiger partial charge in [0.2, 0.25) is 0 Å². The summed E-state index contributed by atoms with van der Waals surface area (Å²) in [6.07, 6.45) is -2.75. The molecule has 0 heterocycles. The van der Waals surface area contributed by atoms with E-state index in [1.54, 1.807) is 0 Å². The molecule has 4 N–H and O–H groups in total. The number of halogens is 3. The zero-order valence-corrected chi connectivity index (χ0v) is 14.5. The summed E-state index contributed by atoms with van der Waals surface area (Å²) in [5, 5.41) is 31.1. The average Bonchev–Trinajstić information content (AvgIpc) is 2.65. The molecule has 10 heteroatoms. The number of carbonyl (C=O) groups excluding carboxylic acids is 1. The van der Waals surface area contributed by atoms with Gasteiger partial charge in [-0.3, -0.25) is 15.5 Å². The molecule has 0 aliphatic carbocycles. The van der Waals surface area contributed by atoms with Crippen LogP contribution in [-0.2, 0) is 0 Å². The van der Waals surface area contributed by atoms with Crippen LogP contribution in [-0.4, -0.2) is 37.1 Å². The van der Waals surface area contributed by atoms with Crippen molar-refractivity contribution in [3.05, 3.63) is 47.3 Å². The molecule has 0 saturated carbocycles. The van der Waals surface area contributed by atoms with Crippen LogP contribution in [0.15, 0.2) is 30.3 Å². The Labute approximate surface area is 157 Å². The van der Waals surface area contributed by atoms with Gasteiger partial charge in [-0.15, -0.1) is 0 Å². The number of nitrogens with zero attached hydrogens (tertiary/aromatic N) is 1. The van der Waals surface area contributed by atoms with E-state index in [4.69, 9.17) is 10.1 Å². The van der Waals surface area contributed by atoms with Gasteiger partial charge in [-0.1, -0.05) is 0 Å². The van der Waals surface area contributed by atoms with Gasteiger partial charge in [0.25, 0.3) is 12.3 Å². The van der Waals surface area contributed by atoms with Crippen molar-refractivity contribution in [1.29, 1.82) is 10.7 Å². The average molecular weight is 392 g/mol. The number of guanidine groups is 1. The largest absolute Gasteiger partial charge is 0.507 e. The quantitative estimate of drug-likeness (QED) is 0.461. The van der Waals surface area contributed by atoms with Gasteiger partial charge >= 0.3 is 0 Å².